The van der Waals surface area contributed by atoms with Crippen LogP contribution in [0.25, 0.3) is 72.1 Å². The van der Waals surface area contributed by atoms with Crippen LogP contribution in [-0.2, 0) is 0 Å². The summed E-state index contributed by atoms with van der Waals surface area (Å²) >= 11 is 0. The van der Waals surface area contributed by atoms with Crippen LogP contribution in [0.3, 0.4) is 0 Å². The van der Waals surface area contributed by atoms with E-state index in [0.717, 1.165) is 72.1 Å². The van der Waals surface area contributed by atoms with Crippen molar-refractivity contribution in [1.82, 2.24) is 24.3 Å². The van der Waals surface area contributed by atoms with Crippen molar-refractivity contribution in [3.05, 3.63) is 128 Å². The van der Waals surface area contributed by atoms with Crippen molar-refractivity contribution in [2.45, 2.75) is 0 Å². The lowest BCUT2D eigenvalue weighted by molar-refractivity contribution is 1.21. The number of aromatic nitrogens is 5. The summed E-state index contributed by atoms with van der Waals surface area (Å²) in [5.74, 6) is 0. The maximum atomic E-state index is 5.03. The van der Waals surface area contributed by atoms with Gasteiger partial charge < -0.3 is 0 Å². The van der Waals surface area contributed by atoms with Crippen molar-refractivity contribution in [2.24, 2.45) is 0 Å². The average molecular weight is 500 g/mol. The molecule has 5 heteroatoms. The van der Waals surface area contributed by atoms with Gasteiger partial charge in [-0.3, -0.25) is 14.4 Å². The predicted molar refractivity (Wildman–Crippen MR) is 157 cm³/mol. The standard InChI is InChI=1S/C34H21N5/c1-2-7-27-21-39-30(20-26(27)6-1)38-33(29-9-3-4-18-35-29)34(39)25-14-10-22(11-15-25)28-17-16-24-13-12-23-8-5-19-36-31(23)32(24)37-28/h1-21H. The number of benzene rings is 3. The van der Waals surface area contributed by atoms with E-state index in [0.29, 0.717) is 0 Å². The quantitative estimate of drug-likeness (QED) is 0.231. The smallest absolute Gasteiger partial charge is 0.138 e. The highest BCUT2D eigenvalue weighted by atomic mass is 15.0. The van der Waals surface area contributed by atoms with E-state index in [1.54, 1.807) is 0 Å². The molecule has 0 radical (unpaired) electrons. The van der Waals surface area contributed by atoms with Gasteiger partial charge in [-0.1, -0.05) is 78.9 Å². The van der Waals surface area contributed by atoms with E-state index in [9.17, 15) is 0 Å². The zero-order valence-corrected chi connectivity index (χ0v) is 20.9. The predicted octanol–water partition coefficient (Wildman–Crippen LogP) is 7.98. The van der Waals surface area contributed by atoms with E-state index in [1.165, 1.54) is 0 Å². The maximum absolute atomic E-state index is 5.03. The second-order valence-electron chi connectivity index (χ2n) is 9.64. The molecule has 0 aliphatic heterocycles. The third kappa shape index (κ3) is 3.55. The number of pyridine rings is 4. The number of imidazole rings is 1. The SMILES string of the molecule is c1ccc(-c2nc3cc4ccccc4cn3c2-c2ccc(-c3ccc4ccc5cccnc5c4n3)cc2)nc1. The van der Waals surface area contributed by atoms with E-state index in [1.807, 2.05) is 36.7 Å². The highest BCUT2D eigenvalue weighted by molar-refractivity contribution is 6.03. The van der Waals surface area contributed by atoms with E-state index >= 15 is 0 Å². The molecule has 0 N–H and O–H groups in total. The van der Waals surface area contributed by atoms with Crippen molar-refractivity contribution in [3.63, 3.8) is 0 Å². The van der Waals surface area contributed by atoms with E-state index < -0.39 is 0 Å². The summed E-state index contributed by atoms with van der Waals surface area (Å²) in [5, 5.41) is 4.50. The van der Waals surface area contributed by atoms with Crippen molar-refractivity contribution in [1.29, 1.82) is 0 Å². The van der Waals surface area contributed by atoms with Crippen LogP contribution in [0.2, 0.25) is 0 Å². The number of hydrogen-bond acceptors (Lipinski definition) is 4. The molecule has 0 atom stereocenters. The molecule has 0 amide bonds. The minimum atomic E-state index is 0.847. The molecule has 8 rings (SSSR count). The Morgan fingerprint density at radius 1 is 0.487 bits per heavy atom. The summed E-state index contributed by atoms with van der Waals surface area (Å²) in [7, 11) is 0. The lowest BCUT2D eigenvalue weighted by Crippen LogP contribution is -1.92. The van der Waals surface area contributed by atoms with Gasteiger partial charge in [0.25, 0.3) is 0 Å². The van der Waals surface area contributed by atoms with Gasteiger partial charge in [-0.25, -0.2) is 9.97 Å². The van der Waals surface area contributed by atoms with Gasteiger partial charge >= 0.3 is 0 Å². The molecule has 0 unspecified atom stereocenters. The van der Waals surface area contributed by atoms with Gasteiger partial charge in [0.05, 0.1) is 28.1 Å². The Kier molecular flexibility index (Phi) is 4.76. The largest absolute Gasteiger partial charge is 0.298 e. The van der Waals surface area contributed by atoms with Crippen LogP contribution in [0.4, 0.5) is 0 Å². The molecule has 5 aromatic heterocycles. The summed E-state index contributed by atoms with van der Waals surface area (Å²) in [5.41, 5.74) is 8.49. The number of nitrogens with zero attached hydrogens (tertiary/aromatic N) is 5. The number of rotatable bonds is 3. The first-order valence-corrected chi connectivity index (χ1v) is 12.9. The third-order valence-electron chi connectivity index (χ3n) is 7.28. The van der Waals surface area contributed by atoms with Crippen LogP contribution in [0.5, 0.6) is 0 Å². The first kappa shape index (κ1) is 21.6. The molecule has 8 aromatic rings. The van der Waals surface area contributed by atoms with Crippen LogP contribution in [-0.4, -0.2) is 24.3 Å². The van der Waals surface area contributed by atoms with Gasteiger partial charge in [-0.2, -0.15) is 0 Å². The Morgan fingerprint density at radius 3 is 2.05 bits per heavy atom. The molecule has 0 saturated carbocycles. The topological polar surface area (TPSA) is 56.0 Å². The summed E-state index contributed by atoms with van der Waals surface area (Å²) in [4.78, 5) is 19.3. The van der Waals surface area contributed by atoms with Crippen LogP contribution in [0, 0.1) is 0 Å². The highest BCUT2D eigenvalue weighted by Crippen LogP contribution is 2.34. The van der Waals surface area contributed by atoms with E-state index in [2.05, 4.69) is 105 Å². The fourth-order valence-corrected chi connectivity index (χ4v) is 5.36. The minimum absolute atomic E-state index is 0.847. The molecule has 39 heavy (non-hydrogen) atoms. The third-order valence-corrected chi connectivity index (χ3v) is 7.28. The van der Waals surface area contributed by atoms with Crippen molar-refractivity contribution in [3.8, 4) is 33.9 Å². The zero-order chi connectivity index (χ0) is 25.8. The monoisotopic (exact) mass is 499 g/mol. The Morgan fingerprint density at radius 2 is 1.21 bits per heavy atom. The van der Waals surface area contributed by atoms with Crippen LogP contribution in [0.1, 0.15) is 0 Å². The number of fused-ring (bicyclic) bond motifs is 5. The average Bonchev–Trinajstić information content (AvgIpc) is 3.38. The molecule has 0 saturated heterocycles. The van der Waals surface area contributed by atoms with Gasteiger partial charge in [0, 0.05) is 40.5 Å². The fourth-order valence-electron chi connectivity index (χ4n) is 5.36. The summed E-state index contributed by atoms with van der Waals surface area (Å²) in [6.07, 6.45) is 5.80. The second-order valence-corrected chi connectivity index (χ2v) is 9.64. The molecule has 182 valence electrons. The Hall–Kier alpha value is -5.42. The molecular weight excluding hydrogens is 478 g/mol. The molecular formula is C34H21N5. The summed E-state index contributed by atoms with van der Waals surface area (Å²) in [6, 6.07) is 37.4. The lowest BCUT2D eigenvalue weighted by atomic mass is 10.0. The lowest BCUT2D eigenvalue weighted by Gasteiger charge is -2.09. The van der Waals surface area contributed by atoms with Gasteiger partial charge in [-0.05, 0) is 41.1 Å². The Labute approximate surface area is 224 Å². The minimum Gasteiger partial charge on any atom is -0.298 e. The molecule has 0 fully saturated rings. The molecule has 5 heterocycles. The van der Waals surface area contributed by atoms with Crippen molar-refractivity contribution < 1.29 is 0 Å². The van der Waals surface area contributed by atoms with Crippen LogP contribution < -0.4 is 0 Å². The molecule has 0 bridgehead atoms. The van der Waals surface area contributed by atoms with E-state index in [4.69, 9.17) is 9.97 Å². The zero-order valence-electron chi connectivity index (χ0n) is 20.9. The Bertz CT molecular complexity index is 2160. The molecule has 0 aliphatic rings. The van der Waals surface area contributed by atoms with Gasteiger partial charge in [0.15, 0.2) is 0 Å². The first-order chi connectivity index (χ1) is 19.3. The summed E-state index contributed by atoms with van der Waals surface area (Å²) < 4.78 is 2.17. The van der Waals surface area contributed by atoms with Crippen LogP contribution in [0.15, 0.2) is 128 Å². The van der Waals surface area contributed by atoms with Crippen molar-refractivity contribution in [2.75, 3.05) is 0 Å². The molecule has 0 spiro atoms. The second kappa shape index (κ2) is 8.57. The first-order valence-electron chi connectivity index (χ1n) is 12.9. The van der Waals surface area contributed by atoms with E-state index in [-0.39, 0.29) is 0 Å². The Balaban J connectivity index is 1.29. The van der Waals surface area contributed by atoms with Gasteiger partial charge in [0.1, 0.15) is 11.3 Å². The van der Waals surface area contributed by atoms with Gasteiger partial charge in [0.2, 0.25) is 0 Å². The number of hydrogen-bond donors (Lipinski definition) is 0. The fraction of sp³-hybridized carbons (Fsp3) is 0. The van der Waals surface area contributed by atoms with Crippen LogP contribution >= 0.6 is 0 Å². The molecule has 3 aromatic carbocycles. The molecule has 5 nitrogen and oxygen atoms in total. The summed E-state index contributed by atoms with van der Waals surface area (Å²) in [6.45, 7) is 0. The normalized spacial score (nSPS) is 11.6. The van der Waals surface area contributed by atoms with Crippen molar-refractivity contribution >= 4 is 38.2 Å². The maximum Gasteiger partial charge on any atom is 0.138 e. The molecule has 0 aliphatic carbocycles. The highest BCUT2D eigenvalue weighted by Gasteiger charge is 2.18. The van der Waals surface area contributed by atoms with Gasteiger partial charge in [-0.15, -0.1) is 0 Å².